The van der Waals surface area contributed by atoms with Crippen molar-refractivity contribution in [3.63, 3.8) is 0 Å². The smallest absolute Gasteiger partial charge is 0.374 e. The predicted molar refractivity (Wildman–Crippen MR) is 115 cm³/mol. The molecular formula is C20H23F3N4O2S. The first kappa shape index (κ1) is 23.4. The Morgan fingerprint density at radius 3 is 2.20 bits per heavy atom. The first-order valence-electron chi connectivity index (χ1n) is 9.01. The molecule has 0 spiro atoms. The number of alkyl halides is 3. The highest BCUT2D eigenvalue weighted by Crippen LogP contribution is 2.34. The van der Waals surface area contributed by atoms with Gasteiger partial charge in [-0.2, -0.15) is 13.2 Å². The van der Waals surface area contributed by atoms with Gasteiger partial charge in [0.25, 0.3) is 0 Å². The van der Waals surface area contributed by atoms with Gasteiger partial charge in [-0.05, 0) is 48.4 Å². The van der Waals surface area contributed by atoms with Gasteiger partial charge in [-0.1, -0.05) is 26.7 Å². The molecule has 0 heterocycles. The number of nitrogens with two attached hydrogens (primary N) is 1. The molecule has 0 unspecified atom stereocenters. The highest BCUT2D eigenvalue weighted by Gasteiger charge is 2.32. The van der Waals surface area contributed by atoms with Crippen molar-refractivity contribution in [2.75, 3.05) is 28.1 Å². The van der Waals surface area contributed by atoms with Gasteiger partial charge in [0.15, 0.2) is 0 Å². The number of anilines is 3. The first-order valence-corrected chi connectivity index (χ1v) is 9.41. The molecule has 2 aromatic rings. The van der Waals surface area contributed by atoms with Crippen molar-refractivity contribution in [2.45, 2.75) is 20.0 Å². The Labute approximate surface area is 178 Å². The maximum Gasteiger partial charge on any atom is 0.416 e. The lowest BCUT2D eigenvalue weighted by Gasteiger charge is -2.24. The topological polar surface area (TPSA) is 78.7 Å². The SMILES string of the molecule is CC(C)CN(C)c1cc(NC(=O)N(S)c2ccc(C(N)=O)cc2)cc(C(F)(F)F)c1. The first-order chi connectivity index (χ1) is 13.9. The van der Waals surface area contributed by atoms with E-state index in [0.29, 0.717) is 17.9 Å². The van der Waals surface area contributed by atoms with E-state index in [1.165, 1.54) is 30.3 Å². The van der Waals surface area contributed by atoms with Gasteiger partial charge in [-0.3, -0.25) is 4.79 Å². The van der Waals surface area contributed by atoms with Crippen molar-refractivity contribution in [2.24, 2.45) is 11.7 Å². The number of carbonyl (C=O) groups excluding carboxylic acids is 2. The lowest BCUT2D eigenvalue weighted by molar-refractivity contribution is -0.137. The number of thiol groups is 1. The van der Waals surface area contributed by atoms with Gasteiger partial charge in [0.05, 0.1) is 11.3 Å². The Balaban J connectivity index is 2.28. The van der Waals surface area contributed by atoms with Crippen LogP contribution in [0.1, 0.15) is 29.8 Å². The minimum absolute atomic E-state index is 0.0202. The van der Waals surface area contributed by atoms with E-state index in [-0.39, 0.29) is 17.2 Å². The van der Waals surface area contributed by atoms with E-state index in [1.54, 1.807) is 11.9 Å². The number of benzene rings is 2. The van der Waals surface area contributed by atoms with Crippen LogP contribution in [0, 0.1) is 5.92 Å². The largest absolute Gasteiger partial charge is 0.416 e. The third-order valence-electron chi connectivity index (χ3n) is 4.16. The maximum absolute atomic E-state index is 13.3. The highest BCUT2D eigenvalue weighted by atomic mass is 32.1. The zero-order valence-corrected chi connectivity index (χ0v) is 17.6. The van der Waals surface area contributed by atoms with Gasteiger partial charge >= 0.3 is 12.2 Å². The molecule has 2 rings (SSSR count). The van der Waals surface area contributed by atoms with Crippen molar-refractivity contribution >= 4 is 41.8 Å². The molecular weight excluding hydrogens is 417 g/mol. The number of nitrogens with zero attached hydrogens (tertiary/aromatic N) is 2. The summed E-state index contributed by atoms with van der Waals surface area (Å²) in [6.45, 7) is 4.45. The molecule has 0 fully saturated rings. The summed E-state index contributed by atoms with van der Waals surface area (Å²) in [5.41, 5.74) is 5.16. The zero-order chi connectivity index (χ0) is 22.6. The molecule has 0 aliphatic heterocycles. The molecule has 2 aromatic carbocycles. The van der Waals surface area contributed by atoms with Gasteiger partial charge in [0.2, 0.25) is 5.91 Å². The van der Waals surface area contributed by atoms with E-state index in [0.717, 1.165) is 16.4 Å². The summed E-state index contributed by atoms with van der Waals surface area (Å²) in [4.78, 5) is 25.3. The molecule has 0 aromatic heterocycles. The number of primary amides is 1. The number of halogens is 3. The van der Waals surface area contributed by atoms with Crippen LogP contribution in [-0.2, 0) is 6.18 Å². The van der Waals surface area contributed by atoms with Gasteiger partial charge in [-0.25, -0.2) is 9.10 Å². The molecule has 0 bridgehead atoms. The standard InChI is InChI=1S/C20H23F3N4O2S/c1-12(2)11-26(3)17-9-14(20(21,22)23)8-15(10-17)25-19(29)27(30)16-6-4-13(5-7-16)18(24)28/h4-10,12,30H,11H2,1-3H3,(H2,24,28)(H,25,29). The van der Waals surface area contributed by atoms with Gasteiger partial charge in [0, 0.05) is 30.5 Å². The van der Waals surface area contributed by atoms with E-state index < -0.39 is 23.7 Å². The quantitative estimate of drug-likeness (QED) is 0.566. The lowest BCUT2D eigenvalue weighted by Crippen LogP contribution is -2.27. The Morgan fingerprint density at radius 2 is 1.70 bits per heavy atom. The molecule has 0 saturated heterocycles. The third kappa shape index (κ3) is 6.06. The molecule has 3 N–H and O–H groups in total. The molecule has 30 heavy (non-hydrogen) atoms. The van der Waals surface area contributed by atoms with Crippen LogP contribution in [0.5, 0.6) is 0 Å². The van der Waals surface area contributed by atoms with Crippen molar-refractivity contribution in [3.05, 3.63) is 53.6 Å². The van der Waals surface area contributed by atoms with Crippen LogP contribution in [0.2, 0.25) is 0 Å². The molecule has 10 heteroatoms. The molecule has 3 amide bonds. The summed E-state index contributed by atoms with van der Waals surface area (Å²) in [6, 6.07) is 8.33. The highest BCUT2D eigenvalue weighted by molar-refractivity contribution is 7.82. The molecule has 0 aliphatic carbocycles. The second kappa shape index (κ2) is 9.29. The fraction of sp³-hybridized carbons (Fsp3) is 0.300. The van der Waals surface area contributed by atoms with Crippen molar-refractivity contribution in [1.29, 1.82) is 0 Å². The number of hydrogen-bond acceptors (Lipinski definition) is 4. The average Bonchev–Trinajstić information content (AvgIpc) is 2.66. The average molecular weight is 440 g/mol. The van der Waals surface area contributed by atoms with Crippen molar-refractivity contribution in [3.8, 4) is 0 Å². The summed E-state index contributed by atoms with van der Waals surface area (Å²) in [7, 11) is 1.69. The predicted octanol–water partition coefficient (Wildman–Crippen LogP) is 4.78. The maximum atomic E-state index is 13.3. The lowest BCUT2D eigenvalue weighted by atomic mass is 10.1. The van der Waals surface area contributed by atoms with E-state index in [2.05, 4.69) is 18.1 Å². The van der Waals surface area contributed by atoms with Gasteiger partial charge in [0.1, 0.15) is 0 Å². The molecule has 6 nitrogen and oxygen atoms in total. The second-order valence-corrected chi connectivity index (χ2v) is 7.59. The van der Waals surface area contributed by atoms with Crippen LogP contribution >= 0.6 is 12.8 Å². The minimum atomic E-state index is -4.57. The molecule has 162 valence electrons. The summed E-state index contributed by atoms with van der Waals surface area (Å²) in [6.07, 6.45) is -4.57. The summed E-state index contributed by atoms with van der Waals surface area (Å²) >= 11 is 4.10. The number of urea groups is 1. The van der Waals surface area contributed by atoms with Crippen molar-refractivity contribution < 1.29 is 22.8 Å². The number of nitrogens with one attached hydrogen (secondary N) is 1. The van der Waals surface area contributed by atoms with Crippen molar-refractivity contribution in [1.82, 2.24) is 0 Å². The fourth-order valence-corrected chi connectivity index (χ4v) is 2.96. The van der Waals surface area contributed by atoms with Gasteiger partial charge in [-0.15, -0.1) is 0 Å². The zero-order valence-electron chi connectivity index (χ0n) is 16.7. The Hall–Kier alpha value is -2.88. The van der Waals surface area contributed by atoms with E-state index in [4.69, 9.17) is 5.73 Å². The molecule has 0 aliphatic rings. The summed E-state index contributed by atoms with van der Waals surface area (Å²) < 4.78 is 40.9. The fourth-order valence-electron chi connectivity index (χ4n) is 2.78. The summed E-state index contributed by atoms with van der Waals surface area (Å²) in [5, 5.41) is 2.43. The van der Waals surface area contributed by atoms with Crippen LogP contribution in [0.25, 0.3) is 0 Å². The molecule has 0 atom stereocenters. The van der Waals surface area contributed by atoms with E-state index in [9.17, 15) is 22.8 Å². The second-order valence-electron chi connectivity index (χ2n) is 7.19. The molecule has 0 radical (unpaired) electrons. The monoisotopic (exact) mass is 440 g/mol. The number of rotatable bonds is 6. The van der Waals surface area contributed by atoms with Gasteiger partial charge < -0.3 is 16.0 Å². The Morgan fingerprint density at radius 1 is 1.10 bits per heavy atom. The van der Waals surface area contributed by atoms with Crippen LogP contribution in [0.4, 0.5) is 35.0 Å². The Kier molecular flexibility index (Phi) is 7.25. The Bertz CT molecular complexity index is 917. The number of carbonyl (C=O) groups is 2. The minimum Gasteiger partial charge on any atom is -0.374 e. The van der Waals surface area contributed by atoms with Crippen LogP contribution in [0.15, 0.2) is 42.5 Å². The normalized spacial score (nSPS) is 11.3. The van der Waals surface area contributed by atoms with Crippen LogP contribution in [0.3, 0.4) is 0 Å². The van der Waals surface area contributed by atoms with E-state index >= 15 is 0 Å². The van der Waals surface area contributed by atoms with E-state index in [1.807, 2.05) is 13.8 Å². The number of amides is 3. The third-order valence-corrected chi connectivity index (χ3v) is 4.58. The van der Waals surface area contributed by atoms with Crippen LogP contribution in [-0.4, -0.2) is 25.5 Å². The molecule has 0 saturated carbocycles. The number of hydrogen-bond donors (Lipinski definition) is 3. The summed E-state index contributed by atoms with van der Waals surface area (Å²) in [5.74, 6) is -0.391. The van der Waals surface area contributed by atoms with Crippen LogP contribution < -0.4 is 20.3 Å².